The van der Waals surface area contributed by atoms with Crippen LogP contribution in [0.1, 0.15) is 23.2 Å². The number of rotatable bonds is 7. The van der Waals surface area contributed by atoms with Crippen LogP contribution in [0.5, 0.6) is 5.75 Å². The van der Waals surface area contributed by atoms with E-state index in [1.165, 1.54) is 35.0 Å². The number of halogens is 5. The van der Waals surface area contributed by atoms with Crippen molar-refractivity contribution in [2.45, 2.75) is 25.6 Å². The van der Waals surface area contributed by atoms with E-state index in [0.29, 0.717) is 11.3 Å². The maximum Gasteiger partial charge on any atom is 0.418 e. The number of ether oxygens (including phenoxy) is 1. The summed E-state index contributed by atoms with van der Waals surface area (Å²) in [6, 6.07) is 10.5. The highest BCUT2D eigenvalue weighted by atomic mass is 35.5. The van der Waals surface area contributed by atoms with Gasteiger partial charge in [0.25, 0.3) is 0 Å². The van der Waals surface area contributed by atoms with Crippen LogP contribution in [0.3, 0.4) is 0 Å². The van der Waals surface area contributed by atoms with Crippen LogP contribution in [0.15, 0.2) is 54.7 Å². The van der Waals surface area contributed by atoms with Gasteiger partial charge in [-0.1, -0.05) is 17.7 Å². The molecule has 0 spiro atoms. The predicted octanol–water partition coefficient (Wildman–Crippen LogP) is 5.88. The Bertz CT molecular complexity index is 1050. The summed E-state index contributed by atoms with van der Waals surface area (Å²) in [5.74, 6) is -1.23. The molecule has 0 saturated heterocycles. The average molecular weight is 442 g/mol. The quantitative estimate of drug-likeness (QED) is 0.465. The van der Waals surface area contributed by atoms with Crippen molar-refractivity contribution in [3.8, 4) is 11.4 Å². The van der Waals surface area contributed by atoms with E-state index in [2.05, 4.69) is 0 Å². The van der Waals surface area contributed by atoms with Gasteiger partial charge >= 0.3 is 12.1 Å². The van der Waals surface area contributed by atoms with Crippen LogP contribution in [0.2, 0.25) is 5.02 Å². The van der Waals surface area contributed by atoms with Gasteiger partial charge in [-0.25, -0.2) is 4.39 Å². The monoisotopic (exact) mass is 441 g/mol. The summed E-state index contributed by atoms with van der Waals surface area (Å²) >= 11 is 6.13. The zero-order valence-electron chi connectivity index (χ0n) is 15.4. The lowest BCUT2D eigenvalue weighted by Crippen LogP contribution is -2.12. The third-order valence-corrected chi connectivity index (χ3v) is 4.76. The lowest BCUT2D eigenvalue weighted by molar-refractivity contribution is -0.139. The van der Waals surface area contributed by atoms with E-state index in [4.69, 9.17) is 21.4 Å². The lowest BCUT2D eigenvalue weighted by atomic mass is 10.1. The van der Waals surface area contributed by atoms with Gasteiger partial charge in [0.1, 0.15) is 18.2 Å². The highest BCUT2D eigenvalue weighted by molar-refractivity contribution is 6.31. The van der Waals surface area contributed by atoms with Crippen molar-refractivity contribution in [3.05, 3.63) is 82.4 Å². The SMILES string of the molecule is O=C(O)CCc1ccc(OCc2c(C(F)(F)F)ccn2-c2ccc(F)cc2)cc1Cl. The second kappa shape index (κ2) is 8.79. The first-order valence-corrected chi connectivity index (χ1v) is 9.19. The van der Waals surface area contributed by atoms with Crippen LogP contribution in [0.4, 0.5) is 17.6 Å². The molecular weight excluding hydrogens is 426 g/mol. The Kier molecular flexibility index (Phi) is 6.36. The summed E-state index contributed by atoms with van der Waals surface area (Å²) < 4.78 is 60.3. The molecule has 4 nitrogen and oxygen atoms in total. The summed E-state index contributed by atoms with van der Waals surface area (Å²) in [7, 11) is 0. The Hall–Kier alpha value is -3.00. The number of hydrogen-bond acceptors (Lipinski definition) is 2. The Labute approximate surface area is 174 Å². The third kappa shape index (κ3) is 5.13. The number of carboxylic acid groups (broad SMARTS) is 1. The minimum Gasteiger partial charge on any atom is -0.487 e. The summed E-state index contributed by atoms with van der Waals surface area (Å²) in [6.07, 6.45) is -3.22. The van der Waals surface area contributed by atoms with Gasteiger partial charge in [-0.2, -0.15) is 13.2 Å². The molecular formula is C21H16ClF4NO3. The molecule has 0 unspecified atom stereocenters. The highest BCUT2D eigenvalue weighted by Gasteiger charge is 2.35. The number of aryl methyl sites for hydroxylation is 1. The first-order chi connectivity index (χ1) is 14.1. The van der Waals surface area contributed by atoms with Crippen LogP contribution in [0.25, 0.3) is 5.69 Å². The summed E-state index contributed by atoms with van der Waals surface area (Å²) in [4.78, 5) is 10.7. The molecule has 1 N–H and O–H groups in total. The molecule has 1 aromatic heterocycles. The van der Waals surface area contributed by atoms with E-state index < -0.39 is 30.1 Å². The summed E-state index contributed by atoms with van der Waals surface area (Å²) in [5.41, 5.74) is -0.0687. The number of aromatic nitrogens is 1. The third-order valence-electron chi connectivity index (χ3n) is 4.41. The minimum absolute atomic E-state index is 0.0972. The van der Waals surface area contributed by atoms with Gasteiger partial charge in [-0.15, -0.1) is 0 Å². The topological polar surface area (TPSA) is 51.5 Å². The number of benzene rings is 2. The number of aliphatic carboxylic acids is 1. The molecule has 0 fully saturated rings. The van der Waals surface area contributed by atoms with E-state index in [1.54, 1.807) is 6.07 Å². The Balaban J connectivity index is 1.85. The number of carbonyl (C=O) groups is 1. The first kappa shape index (κ1) is 21.7. The Morgan fingerprint density at radius 3 is 2.40 bits per heavy atom. The van der Waals surface area contributed by atoms with Crippen LogP contribution in [-0.2, 0) is 24.0 Å². The van der Waals surface area contributed by atoms with Gasteiger partial charge in [0.15, 0.2) is 0 Å². The fourth-order valence-electron chi connectivity index (χ4n) is 2.93. The molecule has 0 aliphatic heterocycles. The summed E-state index contributed by atoms with van der Waals surface area (Å²) in [6.45, 7) is -0.413. The first-order valence-electron chi connectivity index (χ1n) is 8.81. The van der Waals surface area contributed by atoms with Gasteiger partial charge in [0.05, 0.1) is 11.3 Å². The van der Waals surface area contributed by atoms with Crippen molar-refractivity contribution in [3.63, 3.8) is 0 Å². The van der Waals surface area contributed by atoms with E-state index in [1.807, 2.05) is 0 Å². The van der Waals surface area contributed by atoms with Gasteiger partial charge in [0.2, 0.25) is 0 Å². The zero-order valence-corrected chi connectivity index (χ0v) is 16.2. The van der Waals surface area contributed by atoms with Gasteiger partial charge < -0.3 is 14.4 Å². The smallest absolute Gasteiger partial charge is 0.418 e. The summed E-state index contributed by atoms with van der Waals surface area (Å²) in [5, 5.41) is 9.02. The maximum atomic E-state index is 13.4. The van der Waals surface area contributed by atoms with Gasteiger partial charge in [-0.05, 0) is 54.4 Å². The largest absolute Gasteiger partial charge is 0.487 e. The normalized spacial score (nSPS) is 11.5. The van der Waals surface area contributed by atoms with Crippen molar-refractivity contribution in [1.82, 2.24) is 4.57 Å². The molecule has 0 radical (unpaired) electrons. The number of alkyl halides is 3. The van der Waals surface area contributed by atoms with Crippen LogP contribution < -0.4 is 4.74 Å². The molecule has 0 bridgehead atoms. The fourth-order valence-corrected chi connectivity index (χ4v) is 3.19. The molecule has 30 heavy (non-hydrogen) atoms. The van der Waals surface area contributed by atoms with E-state index in [9.17, 15) is 22.4 Å². The standard InChI is InChI=1S/C21H16ClF4NO3/c22-18-11-16(7-1-13(18)2-8-20(28)29)30-12-19-17(21(24,25)26)9-10-27(19)15-5-3-14(23)4-6-15/h1,3-7,9-11H,2,8,12H2,(H,28,29). The van der Waals surface area contributed by atoms with Gasteiger partial charge in [-0.3, -0.25) is 4.79 Å². The van der Waals surface area contributed by atoms with Crippen LogP contribution in [0, 0.1) is 5.82 Å². The molecule has 2 aromatic carbocycles. The minimum atomic E-state index is -4.59. The number of hydrogen-bond donors (Lipinski definition) is 1. The number of carboxylic acids is 1. The van der Waals surface area contributed by atoms with E-state index in [0.717, 1.165) is 18.2 Å². The molecule has 3 aromatic rings. The molecule has 3 rings (SSSR count). The molecule has 158 valence electrons. The molecule has 1 heterocycles. The van der Waals surface area contributed by atoms with Crippen LogP contribution >= 0.6 is 11.6 Å². The van der Waals surface area contributed by atoms with E-state index >= 15 is 0 Å². The molecule has 0 atom stereocenters. The van der Waals surface area contributed by atoms with Gasteiger partial charge in [0, 0.05) is 23.3 Å². The van der Waals surface area contributed by atoms with Crippen molar-refractivity contribution in [2.75, 3.05) is 0 Å². The fraction of sp³-hybridized carbons (Fsp3) is 0.190. The maximum absolute atomic E-state index is 13.4. The molecule has 9 heteroatoms. The Morgan fingerprint density at radius 2 is 1.80 bits per heavy atom. The lowest BCUT2D eigenvalue weighted by Gasteiger charge is -2.15. The van der Waals surface area contributed by atoms with Crippen molar-refractivity contribution in [2.24, 2.45) is 0 Å². The molecule has 0 amide bonds. The zero-order chi connectivity index (χ0) is 21.9. The molecule has 0 aliphatic carbocycles. The average Bonchev–Trinajstić information content (AvgIpc) is 3.10. The van der Waals surface area contributed by atoms with Crippen molar-refractivity contribution in [1.29, 1.82) is 0 Å². The molecule has 0 aliphatic rings. The molecule has 0 saturated carbocycles. The second-order valence-corrected chi connectivity index (χ2v) is 6.86. The highest BCUT2D eigenvalue weighted by Crippen LogP contribution is 2.35. The second-order valence-electron chi connectivity index (χ2n) is 6.46. The van der Waals surface area contributed by atoms with Crippen molar-refractivity contribution < 1.29 is 32.2 Å². The predicted molar refractivity (Wildman–Crippen MR) is 102 cm³/mol. The van der Waals surface area contributed by atoms with E-state index in [-0.39, 0.29) is 29.3 Å². The number of nitrogens with zero attached hydrogens (tertiary/aromatic N) is 1. The van der Waals surface area contributed by atoms with Crippen LogP contribution in [-0.4, -0.2) is 15.6 Å². The van der Waals surface area contributed by atoms with Crippen molar-refractivity contribution >= 4 is 17.6 Å². The Morgan fingerprint density at radius 1 is 1.10 bits per heavy atom.